The maximum atomic E-state index is 14.5. The zero-order chi connectivity index (χ0) is 24.9. The summed E-state index contributed by atoms with van der Waals surface area (Å²) in [6.07, 6.45) is 0. The minimum absolute atomic E-state index is 0. The second kappa shape index (κ2) is 14.6. The van der Waals surface area contributed by atoms with Crippen LogP contribution in [0.25, 0.3) is 10.9 Å². The maximum absolute atomic E-state index is 14.5. The molecule has 0 aliphatic carbocycles. The summed E-state index contributed by atoms with van der Waals surface area (Å²) in [5, 5.41) is 13.3. The van der Waals surface area contributed by atoms with Crippen LogP contribution < -0.4 is 133 Å². The first-order chi connectivity index (χ1) is 16.9. The Bertz CT molecular complexity index is 1480. The Morgan fingerprint density at radius 2 is 1.78 bits per heavy atom. The van der Waals surface area contributed by atoms with Gasteiger partial charge >= 0.3 is 103 Å². The van der Waals surface area contributed by atoms with Gasteiger partial charge in [-0.25, -0.2) is 4.39 Å². The monoisotopic (exact) mass is 553 g/mol. The molecule has 1 heterocycles. The summed E-state index contributed by atoms with van der Waals surface area (Å²) in [4.78, 5) is 43.9. The van der Waals surface area contributed by atoms with Crippen LogP contribution in [-0.2, 0) is 13.2 Å². The predicted octanol–water partition coefficient (Wildman–Crippen LogP) is -4.42. The van der Waals surface area contributed by atoms with Crippen molar-refractivity contribution < 1.29 is 131 Å². The normalized spacial score (nSPS) is 10.1. The Hall–Kier alpha value is -1.46. The summed E-state index contributed by atoms with van der Waals surface area (Å²) in [6.45, 7) is 0.00566. The summed E-state index contributed by atoms with van der Waals surface area (Å²) < 4.78 is 25.2. The van der Waals surface area contributed by atoms with Crippen molar-refractivity contribution >= 4 is 22.8 Å². The molecule has 4 aromatic rings. The van der Waals surface area contributed by atoms with Gasteiger partial charge in [-0.05, 0) is 40.4 Å². The van der Waals surface area contributed by atoms with Crippen molar-refractivity contribution in [3.63, 3.8) is 0 Å². The van der Waals surface area contributed by atoms with Crippen molar-refractivity contribution in [1.82, 2.24) is 15.3 Å². The van der Waals surface area contributed by atoms with Crippen LogP contribution >= 0.6 is 0 Å². The number of carboxylic acids is 1. The van der Waals surface area contributed by atoms with Crippen molar-refractivity contribution in [3.8, 4) is 11.5 Å². The van der Waals surface area contributed by atoms with E-state index in [1.807, 2.05) is 0 Å². The maximum Gasteiger partial charge on any atom is 1.00 e. The average Bonchev–Trinajstić information content (AvgIpc) is 2.87. The first kappa shape index (κ1) is 31.8. The van der Waals surface area contributed by atoms with Crippen molar-refractivity contribution in [1.29, 1.82) is 0 Å². The standard InChI is InChI=1S/C25H20FN3O6.2K/c1-34-17-4-2-3-15(11-17)12-27-24(31)22-28-19-10-9-18(26)21(20(19)23(30)29-22)35-13-14-5-7-16(8-6-14)25(32)33;;/h2-11H,12-13H2,1H3,(H3,27,28,29,30,31,32,33);;/q;2*+1/p-2. The number of hydrogen-bond acceptors (Lipinski definition) is 7. The fourth-order valence-electron chi connectivity index (χ4n) is 3.32. The van der Waals surface area contributed by atoms with Crippen LogP contribution in [-0.4, -0.2) is 24.0 Å². The number of aromatic carboxylic acids is 1. The Kier molecular flexibility index (Phi) is 12.6. The van der Waals surface area contributed by atoms with E-state index < -0.39 is 23.3 Å². The average molecular weight is 554 g/mol. The molecule has 1 amide bonds. The number of benzene rings is 3. The van der Waals surface area contributed by atoms with Gasteiger partial charge in [0.15, 0.2) is 17.1 Å². The van der Waals surface area contributed by atoms with Gasteiger partial charge in [-0.15, -0.1) is 0 Å². The number of nitrogens with zero attached hydrogens (tertiary/aromatic N) is 2. The van der Waals surface area contributed by atoms with Crippen molar-refractivity contribution in [2.24, 2.45) is 0 Å². The molecule has 1 aromatic heterocycles. The number of halogens is 1. The van der Waals surface area contributed by atoms with Crippen LogP contribution in [0.3, 0.4) is 0 Å². The molecular formula is C25H18FK2N3O6. The fraction of sp³-hybridized carbons (Fsp3) is 0.120. The van der Waals surface area contributed by atoms with Crippen LogP contribution in [0.15, 0.2) is 65.5 Å². The van der Waals surface area contributed by atoms with Crippen molar-refractivity contribution in [3.05, 3.63) is 99.3 Å². The summed E-state index contributed by atoms with van der Waals surface area (Å²) in [6, 6.07) is 15.0. The summed E-state index contributed by atoms with van der Waals surface area (Å²) >= 11 is 0. The van der Waals surface area contributed by atoms with E-state index >= 15 is 0 Å². The first-order valence-corrected chi connectivity index (χ1v) is 10.4. The molecule has 37 heavy (non-hydrogen) atoms. The van der Waals surface area contributed by atoms with Gasteiger partial charge in [0.25, 0.3) is 0 Å². The number of carbonyl (C=O) groups is 2. The molecule has 0 spiro atoms. The Morgan fingerprint density at radius 3 is 2.46 bits per heavy atom. The second-order valence-corrected chi connectivity index (χ2v) is 7.43. The molecule has 0 aliphatic heterocycles. The van der Waals surface area contributed by atoms with Crippen LogP contribution in [0.4, 0.5) is 4.39 Å². The number of nitrogens with one attached hydrogen (secondary N) is 1. The molecule has 12 heteroatoms. The van der Waals surface area contributed by atoms with Gasteiger partial charge in [-0.3, -0.25) is 9.59 Å². The molecule has 0 radical (unpaired) electrons. The van der Waals surface area contributed by atoms with Crippen LogP contribution in [0.1, 0.15) is 32.1 Å². The molecule has 3 aromatic carbocycles. The molecule has 0 atom stereocenters. The van der Waals surface area contributed by atoms with Crippen LogP contribution in [0.2, 0.25) is 0 Å². The van der Waals surface area contributed by atoms with Gasteiger partial charge in [0.1, 0.15) is 12.4 Å². The molecule has 0 unspecified atom stereocenters. The Morgan fingerprint density at radius 1 is 1.05 bits per heavy atom. The minimum Gasteiger partial charge on any atom is -0.545 e. The summed E-state index contributed by atoms with van der Waals surface area (Å²) in [5.74, 6) is -2.90. The Balaban J connectivity index is 0.00000241. The number of fused-ring (bicyclic) bond motifs is 1. The largest absolute Gasteiger partial charge is 1.00 e. The molecule has 0 fully saturated rings. The summed E-state index contributed by atoms with van der Waals surface area (Å²) in [7, 11) is 1.53. The smallest absolute Gasteiger partial charge is 0.545 e. The quantitative estimate of drug-likeness (QED) is 0.216. The van der Waals surface area contributed by atoms with E-state index in [1.54, 1.807) is 24.3 Å². The molecular weight excluding hydrogens is 535 g/mol. The summed E-state index contributed by atoms with van der Waals surface area (Å²) in [5.41, 5.74) is 0.459. The van der Waals surface area contributed by atoms with E-state index in [0.717, 1.165) is 11.6 Å². The topological polar surface area (TPSA) is 132 Å². The fourth-order valence-corrected chi connectivity index (χ4v) is 3.32. The van der Waals surface area contributed by atoms with Crippen molar-refractivity contribution in [2.75, 3.05) is 7.11 Å². The van der Waals surface area contributed by atoms with E-state index in [4.69, 9.17) is 9.47 Å². The number of rotatable bonds is 8. The Labute approximate surface area is 296 Å². The molecule has 178 valence electrons. The van der Waals surface area contributed by atoms with Gasteiger partial charge in [-0.1, -0.05) is 42.5 Å². The van der Waals surface area contributed by atoms with Gasteiger partial charge in [-0.2, -0.15) is 0 Å². The molecule has 4 rings (SSSR count). The molecule has 0 saturated heterocycles. The third-order valence-electron chi connectivity index (χ3n) is 5.10. The zero-order valence-corrected chi connectivity index (χ0v) is 26.7. The SMILES string of the molecule is COc1cccc(CNC(=O)c2nc3ccc(F)c(OCc4ccc(C(=O)[O-])cc4)c3c(=O)[n-]2)c1.[K+].[K+]. The second-order valence-electron chi connectivity index (χ2n) is 7.43. The van der Waals surface area contributed by atoms with Crippen molar-refractivity contribution in [2.45, 2.75) is 13.2 Å². The number of carboxylic acid groups (broad SMARTS) is 1. The third-order valence-corrected chi connectivity index (χ3v) is 5.10. The van der Waals surface area contributed by atoms with E-state index in [0.29, 0.717) is 11.3 Å². The molecule has 1 N–H and O–H groups in total. The van der Waals surface area contributed by atoms with E-state index in [1.165, 1.54) is 37.4 Å². The molecule has 9 nitrogen and oxygen atoms in total. The van der Waals surface area contributed by atoms with Crippen LogP contribution in [0, 0.1) is 5.82 Å². The van der Waals surface area contributed by atoms with Gasteiger partial charge < -0.3 is 34.7 Å². The van der Waals surface area contributed by atoms with E-state index in [-0.39, 0.29) is 144 Å². The number of methoxy groups -OCH3 is 1. The van der Waals surface area contributed by atoms with Crippen LogP contribution in [0.5, 0.6) is 11.5 Å². The third kappa shape index (κ3) is 8.02. The zero-order valence-electron chi connectivity index (χ0n) is 20.4. The first-order valence-electron chi connectivity index (χ1n) is 10.4. The number of carbonyl (C=O) groups excluding carboxylic acids is 2. The minimum atomic E-state index is -1.32. The van der Waals surface area contributed by atoms with E-state index in [9.17, 15) is 23.9 Å². The number of amides is 1. The molecule has 0 bridgehead atoms. The number of hydrogen-bond donors (Lipinski definition) is 1. The van der Waals surface area contributed by atoms with E-state index in [2.05, 4.69) is 15.3 Å². The van der Waals surface area contributed by atoms with Gasteiger partial charge in [0.2, 0.25) is 5.91 Å². The molecule has 0 aliphatic rings. The van der Waals surface area contributed by atoms with Gasteiger partial charge in [0, 0.05) is 12.4 Å². The van der Waals surface area contributed by atoms with Gasteiger partial charge in [0.05, 0.1) is 18.5 Å². The number of aromatic nitrogens is 2. The predicted molar refractivity (Wildman–Crippen MR) is 121 cm³/mol. The molecule has 0 saturated carbocycles. The number of ether oxygens (including phenoxy) is 2.